The van der Waals surface area contributed by atoms with Crippen molar-refractivity contribution in [2.45, 2.75) is 57.8 Å². The van der Waals surface area contributed by atoms with Crippen LogP contribution in [-0.4, -0.2) is 55.6 Å². The number of nitrogens with zero attached hydrogens (tertiary/aromatic N) is 4. The molecule has 0 radical (unpaired) electrons. The molecule has 4 aromatic heterocycles. The summed E-state index contributed by atoms with van der Waals surface area (Å²) in [6.45, 7) is 2.74. The van der Waals surface area contributed by atoms with Crippen LogP contribution in [0.2, 0.25) is 0 Å². The molecule has 6 rings (SSSR count). The van der Waals surface area contributed by atoms with Crippen molar-refractivity contribution in [1.29, 1.82) is 0 Å². The largest absolute Gasteiger partial charge is 0.494 e. The van der Waals surface area contributed by atoms with Gasteiger partial charge in [-0.25, -0.2) is 28.5 Å². The number of aromatic nitrogens is 5. The van der Waals surface area contributed by atoms with Crippen LogP contribution in [0.15, 0.2) is 67.3 Å². The molecule has 1 aromatic carbocycles. The number of pyridine rings is 2. The highest BCUT2D eigenvalue weighted by Gasteiger charge is 2.26. The lowest BCUT2D eigenvalue weighted by Gasteiger charge is -2.30. The van der Waals surface area contributed by atoms with Crippen molar-refractivity contribution in [3.05, 3.63) is 95.7 Å². The molecule has 1 fully saturated rings. The van der Waals surface area contributed by atoms with Gasteiger partial charge in [-0.05, 0) is 74.1 Å². The van der Waals surface area contributed by atoms with Gasteiger partial charge in [0.2, 0.25) is 0 Å². The number of anilines is 1. The third-order valence-corrected chi connectivity index (χ3v) is 7.93. The molecule has 2 amide bonds. The molecular weight excluding hydrogens is 622 g/mol. The molecule has 0 saturated heterocycles. The summed E-state index contributed by atoms with van der Waals surface area (Å²) in [5, 5.41) is 9.38. The first-order valence-electron chi connectivity index (χ1n) is 15.6. The third-order valence-electron chi connectivity index (χ3n) is 7.93. The van der Waals surface area contributed by atoms with E-state index in [4.69, 9.17) is 9.47 Å². The van der Waals surface area contributed by atoms with E-state index in [0.29, 0.717) is 41.7 Å². The summed E-state index contributed by atoms with van der Waals surface area (Å²) >= 11 is 0. The topological polar surface area (TPSA) is 156 Å². The molecule has 0 aliphatic heterocycles. The van der Waals surface area contributed by atoms with Gasteiger partial charge in [0.15, 0.2) is 17.5 Å². The Morgan fingerprint density at radius 2 is 1.83 bits per heavy atom. The van der Waals surface area contributed by atoms with Gasteiger partial charge in [0.05, 0.1) is 19.0 Å². The molecule has 248 valence electrons. The van der Waals surface area contributed by atoms with Gasteiger partial charge in [-0.3, -0.25) is 9.78 Å². The summed E-state index contributed by atoms with van der Waals surface area (Å²) < 4.78 is 39.4. The number of hydrogen-bond donors (Lipinski definition) is 4. The average molecular weight is 657 g/mol. The Morgan fingerprint density at radius 1 is 1.00 bits per heavy atom. The van der Waals surface area contributed by atoms with Gasteiger partial charge in [-0.1, -0.05) is 12.1 Å². The van der Waals surface area contributed by atoms with E-state index >= 15 is 0 Å². The minimum absolute atomic E-state index is 0.0218. The molecule has 14 heteroatoms. The number of aromatic amines is 1. The first-order valence-corrected chi connectivity index (χ1v) is 15.6. The van der Waals surface area contributed by atoms with Crippen molar-refractivity contribution in [2.75, 3.05) is 11.9 Å². The monoisotopic (exact) mass is 656 g/mol. The lowest BCUT2D eigenvalue weighted by molar-refractivity contribution is 0.0921. The summed E-state index contributed by atoms with van der Waals surface area (Å²) in [4.78, 5) is 45.0. The predicted octanol–water partition coefficient (Wildman–Crippen LogP) is 5.67. The van der Waals surface area contributed by atoms with Crippen molar-refractivity contribution in [3.8, 4) is 17.1 Å². The van der Waals surface area contributed by atoms with Crippen molar-refractivity contribution >= 4 is 28.9 Å². The van der Waals surface area contributed by atoms with Crippen LogP contribution in [0.3, 0.4) is 0 Å². The maximum atomic E-state index is 14.8. The highest BCUT2D eigenvalue weighted by Crippen LogP contribution is 2.28. The van der Waals surface area contributed by atoms with E-state index in [-0.39, 0.29) is 41.9 Å². The summed E-state index contributed by atoms with van der Waals surface area (Å²) in [5.41, 5.74) is 2.66. The molecular formula is C34H34F2N8O4. The Morgan fingerprint density at radius 3 is 2.67 bits per heavy atom. The maximum Gasteiger partial charge on any atom is 0.407 e. The summed E-state index contributed by atoms with van der Waals surface area (Å²) in [5.74, 6) is -0.491. The lowest BCUT2D eigenvalue weighted by Crippen LogP contribution is -2.42. The number of alkyl carbamates (subject to hydrolysis) is 1. The minimum atomic E-state index is -0.623. The molecule has 1 aliphatic rings. The summed E-state index contributed by atoms with van der Waals surface area (Å²) in [7, 11) is 0. The second kappa shape index (κ2) is 14.8. The number of nitrogens with one attached hydrogen (secondary N) is 4. The van der Waals surface area contributed by atoms with Gasteiger partial charge in [-0.2, -0.15) is 0 Å². The quantitative estimate of drug-likeness (QED) is 0.141. The van der Waals surface area contributed by atoms with E-state index in [1.165, 1.54) is 12.3 Å². The van der Waals surface area contributed by atoms with Crippen LogP contribution in [0.4, 0.5) is 19.4 Å². The van der Waals surface area contributed by atoms with E-state index < -0.39 is 17.7 Å². The molecule has 2 atom stereocenters. The van der Waals surface area contributed by atoms with Crippen molar-refractivity contribution in [1.82, 2.24) is 35.6 Å². The molecule has 0 spiro atoms. The Bertz CT molecular complexity index is 1900. The molecule has 4 heterocycles. The Labute approximate surface area is 274 Å². The number of fused-ring (bicyclic) bond motifs is 1. The zero-order valence-corrected chi connectivity index (χ0v) is 26.1. The highest BCUT2D eigenvalue weighted by atomic mass is 19.1. The first kappa shape index (κ1) is 32.3. The summed E-state index contributed by atoms with van der Waals surface area (Å²) in [6, 6.07) is 11.6. The zero-order valence-electron chi connectivity index (χ0n) is 26.1. The van der Waals surface area contributed by atoms with Crippen LogP contribution in [0.25, 0.3) is 22.4 Å². The van der Waals surface area contributed by atoms with Crippen molar-refractivity contribution in [2.24, 2.45) is 0 Å². The van der Waals surface area contributed by atoms with Gasteiger partial charge in [0.25, 0.3) is 5.91 Å². The molecule has 1 aliphatic carbocycles. The number of rotatable bonds is 11. The Kier molecular flexibility index (Phi) is 9.98. The smallest absolute Gasteiger partial charge is 0.407 e. The van der Waals surface area contributed by atoms with E-state index in [0.717, 1.165) is 43.0 Å². The Balaban J connectivity index is 1.01. The second-order valence-corrected chi connectivity index (χ2v) is 11.4. The fourth-order valence-electron chi connectivity index (χ4n) is 5.60. The van der Waals surface area contributed by atoms with E-state index in [1.807, 2.05) is 31.2 Å². The third kappa shape index (κ3) is 8.00. The van der Waals surface area contributed by atoms with Crippen LogP contribution in [0.1, 0.15) is 54.2 Å². The lowest BCUT2D eigenvalue weighted by atomic mass is 9.91. The molecule has 12 nitrogen and oxygen atoms in total. The second-order valence-electron chi connectivity index (χ2n) is 11.4. The SMILES string of the molecule is CCOc1ccc(CNC(=O)OCc2ccnc(C(=O)N[C@H]3CCC[C@@H](Nc4nc(-c5c[nH]c6ncc(F)cc56)ncc4F)C3)c2)cc1. The van der Waals surface area contributed by atoms with Gasteiger partial charge >= 0.3 is 6.09 Å². The first-order chi connectivity index (χ1) is 23.3. The molecule has 48 heavy (non-hydrogen) atoms. The Hall–Kier alpha value is -5.66. The number of halogens is 2. The van der Waals surface area contributed by atoms with E-state index in [2.05, 4.69) is 40.9 Å². The molecule has 0 unspecified atom stereocenters. The highest BCUT2D eigenvalue weighted by molar-refractivity contribution is 5.93. The maximum absolute atomic E-state index is 14.8. The van der Waals surface area contributed by atoms with Gasteiger partial charge in [0.1, 0.15) is 29.5 Å². The van der Waals surface area contributed by atoms with E-state index in [1.54, 1.807) is 18.3 Å². The summed E-state index contributed by atoms with van der Waals surface area (Å²) in [6.07, 6.45) is 7.51. The number of H-pyrrole nitrogens is 1. The van der Waals surface area contributed by atoms with Gasteiger partial charge < -0.3 is 30.4 Å². The normalized spacial score (nSPS) is 15.9. The van der Waals surface area contributed by atoms with Gasteiger partial charge in [-0.15, -0.1) is 0 Å². The fourth-order valence-corrected chi connectivity index (χ4v) is 5.60. The van der Waals surface area contributed by atoms with Crippen LogP contribution in [-0.2, 0) is 17.9 Å². The molecule has 5 aromatic rings. The molecule has 0 bridgehead atoms. The van der Waals surface area contributed by atoms with Crippen LogP contribution in [0, 0.1) is 11.6 Å². The van der Waals surface area contributed by atoms with Crippen LogP contribution < -0.4 is 20.7 Å². The average Bonchev–Trinajstić information content (AvgIpc) is 3.51. The van der Waals surface area contributed by atoms with E-state index in [9.17, 15) is 18.4 Å². The molecule has 4 N–H and O–H groups in total. The number of carbonyl (C=O) groups excluding carboxylic acids is 2. The van der Waals surface area contributed by atoms with Crippen LogP contribution >= 0.6 is 0 Å². The van der Waals surface area contributed by atoms with Gasteiger partial charge in [0, 0.05) is 42.0 Å². The number of benzene rings is 1. The number of hydrogen-bond acceptors (Lipinski definition) is 9. The number of carbonyl (C=O) groups is 2. The zero-order chi connectivity index (χ0) is 33.5. The van der Waals surface area contributed by atoms with Crippen molar-refractivity contribution in [3.63, 3.8) is 0 Å². The fraction of sp³-hybridized carbons (Fsp3) is 0.294. The van der Waals surface area contributed by atoms with Crippen molar-refractivity contribution < 1.29 is 27.8 Å². The minimum Gasteiger partial charge on any atom is -0.494 e. The standard InChI is InChI=1S/C34H34F2N8O4/c1-2-47-25-8-6-20(7-9-25)15-41-34(46)48-19-21-10-11-37-29(12-21)33(45)43-24-5-3-4-23(14-24)42-32-28(36)18-40-31(44-32)27-17-39-30-26(27)13-22(35)16-38-30/h6-13,16-18,23-24H,2-5,14-15,19H2,1H3,(H,38,39)(H,41,46)(H,43,45)(H,40,42,44)/t23-,24+/m1/s1. The van der Waals surface area contributed by atoms with Crippen LogP contribution in [0.5, 0.6) is 5.75 Å². The molecule has 1 saturated carbocycles. The number of amides is 2. The number of ether oxygens (including phenoxy) is 2. The predicted molar refractivity (Wildman–Crippen MR) is 173 cm³/mol.